The van der Waals surface area contributed by atoms with Crippen molar-refractivity contribution in [2.45, 2.75) is 58.3 Å². The van der Waals surface area contributed by atoms with E-state index in [9.17, 15) is 10.2 Å². The van der Waals surface area contributed by atoms with E-state index < -0.39 is 11.7 Å². The average Bonchev–Trinajstić information content (AvgIpc) is 3.44. The summed E-state index contributed by atoms with van der Waals surface area (Å²) in [6, 6.07) is 7.94. The van der Waals surface area contributed by atoms with E-state index in [1.54, 1.807) is 6.92 Å². The molecule has 1 atom stereocenters. The normalized spacial score (nSPS) is 18.7. The smallest absolute Gasteiger partial charge is 0.239 e. The summed E-state index contributed by atoms with van der Waals surface area (Å²) < 4.78 is 9.70. The van der Waals surface area contributed by atoms with Gasteiger partial charge in [-0.2, -0.15) is 9.97 Å². The number of hydrogen-bond acceptors (Lipinski definition) is 9. The highest BCUT2D eigenvalue weighted by atomic mass is 16.5. The summed E-state index contributed by atoms with van der Waals surface area (Å²) in [5.41, 5.74) is 2.66. The second kappa shape index (κ2) is 10.7. The largest absolute Gasteiger partial charge is 0.393 e. The molecule has 4 aromatic rings. The molecule has 11 nitrogen and oxygen atoms in total. The predicted octanol–water partition coefficient (Wildman–Crippen LogP) is 2.45. The molecule has 40 heavy (non-hydrogen) atoms. The van der Waals surface area contributed by atoms with Gasteiger partial charge in [0, 0.05) is 26.6 Å². The van der Waals surface area contributed by atoms with Crippen molar-refractivity contribution >= 4 is 28.0 Å². The van der Waals surface area contributed by atoms with E-state index in [2.05, 4.69) is 14.4 Å². The van der Waals surface area contributed by atoms with E-state index >= 15 is 0 Å². The fourth-order valence-corrected chi connectivity index (χ4v) is 6.02. The highest BCUT2D eigenvalue weighted by molar-refractivity contribution is 5.86. The molecule has 5 heterocycles. The van der Waals surface area contributed by atoms with Crippen molar-refractivity contribution < 1.29 is 14.9 Å². The van der Waals surface area contributed by atoms with E-state index in [1.807, 2.05) is 49.7 Å². The first-order valence-corrected chi connectivity index (χ1v) is 14.3. The Kier molecular flexibility index (Phi) is 7.24. The van der Waals surface area contributed by atoms with Crippen molar-refractivity contribution in [3.63, 3.8) is 0 Å². The van der Waals surface area contributed by atoms with Gasteiger partial charge >= 0.3 is 0 Å². The predicted molar refractivity (Wildman–Crippen MR) is 154 cm³/mol. The van der Waals surface area contributed by atoms with Gasteiger partial charge in [-0.05, 0) is 64.8 Å². The first-order chi connectivity index (χ1) is 19.2. The Labute approximate surface area is 234 Å². The molecule has 0 unspecified atom stereocenters. The number of aliphatic hydroxyl groups is 2. The lowest BCUT2D eigenvalue weighted by Crippen LogP contribution is -2.41. The summed E-state index contributed by atoms with van der Waals surface area (Å²) in [5, 5.41) is 20.7. The number of anilines is 1. The Hall–Kier alpha value is -3.12. The number of piperidine rings is 1. The zero-order chi connectivity index (χ0) is 28.0. The average molecular weight is 549 g/mol. The molecular formula is C29H40N8O3. The van der Waals surface area contributed by atoms with Gasteiger partial charge < -0.3 is 24.4 Å². The van der Waals surface area contributed by atoms with Crippen LogP contribution >= 0.6 is 0 Å². The molecule has 0 bridgehead atoms. The molecule has 1 aromatic carbocycles. The molecule has 214 valence electrons. The number of aryl methyl sites for hydroxylation is 1. The topological polar surface area (TPSA) is 118 Å². The van der Waals surface area contributed by atoms with Crippen LogP contribution in [0.3, 0.4) is 0 Å². The number of fused-ring (bicyclic) bond motifs is 2. The summed E-state index contributed by atoms with van der Waals surface area (Å²) in [5.74, 6) is 3.30. The molecule has 2 saturated heterocycles. The van der Waals surface area contributed by atoms with E-state index in [4.69, 9.17) is 24.7 Å². The number of aromatic nitrogens is 6. The molecule has 2 fully saturated rings. The third-order valence-corrected chi connectivity index (χ3v) is 8.35. The molecule has 11 heteroatoms. The van der Waals surface area contributed by atoms with Crippen LogP contribution in [0.2, 0.25) is 0 Å². The Morgan fingerprint density at radius 1 is 1.00 bits per heavy atom. The molecule has 2 N–H and O–H groups in total. The second-order valence-electron chi connectivity index (χ2n) is 11.8. The van der Waals surface area contributed by atoms with E-state index in [-0.39, 0.29) is 0 Å². The maximum Gasteiger partial charge on any atom is 0.239 e. The lowest BCUT2D eigenvalue weighted by Gasteiger charge is -2.37. The summed E-state index contributed by atoms with van der Waals surface area (Å²) >= 11 is 0. The quantitative estimate of drug-likeness (QED) is 0.359. The standard InChI is InChI=1S/C29H40N8O3/c1-19(38)17-23-30-21-7-5-6-8-22(21)37(23)28-32-26-25(27(33-28)36-13-15-40-16-14-36)31-24(34(26)4)18-35-11-9-20(10-12-35)29(2,3)39/h5-8,19-20,38-39H,9-18H2,1-4H3/t19-/m1/s1. The Morgan fingerprint density at radius 3 is 2.42 bits per heavy atom. The number of ether oxygens (including phenoxy) is 1. The van der Waals surface area contributed by atoms with Gasteiger partial charge in [0.05, 0.1) is 42.5 Å². The van der Waals surface area contributed by atoms with Gasteiger partial charge in [-0.25, -0.2) is 9.97 Å². The van der Waals surface area contributed by atoms with Crippen LogP contribution in [0.25, 0.3) is 28.1 Å². The number of aliphatic hydroxyl groups excluding tert-OH is 1. The van der Waals surface area contributed by atoms with Gasteiger partial charge in [0.25, 0.3) is 0 Å². The number of likely N-dealkylation sites (tertiary alicyclic amines) is 1. The van der Waals surface area contributed by atoms with Gasteiger partial charge in [0.15, 0.2) is 17.0 Å². The number of para-hydroxylation sites is 2. The number of rotatable bonds is 7. The maximum absolute atomic E-state index is 10.5. The zero-order valence-electron chi connectivity index (χ0n) is 23.9. The summed E-state index contributed by atoms with van der Waals surface area (Å²) in [7, 11) is 2.02. The van der Waals surface area contributed by atoms with Crippen LogP contribution in [0.15, 0.2) is 24.3 Å². The molecule has 0 saturated carbocycles. The molecule has 0 spiro atoms. The van der Waals surface area contributed by atoms with Crippen LogP contribution in [-0.4, -0.2) is 95.3 Å². The van der Waals surface area contributed by atoms with Crippen molar-refractivity contribution in [2.75, 3.05) is 44.3 Å². The second-order valence-corrected chi connectivity index (χ2v) is 11.8. The third-order valence-electron chi connectivity index (χ3n) is 8.35. The highest BCUT2D eigenvalue weighted by Gasteiger charge is 2.31. The van der Waals surface area contributed by atoms with Crippen LogP contribution < -0.4 is 4.90 Å². The van der Waals surface area contributed by atoms with Crippen LogP contribution in [-0.2, 0) is 24.8 Å². The van der Waals surface area contributed by atoms with Crippen LogP contribution in [0.4, 0.5) is 5.82 Å². The van der Waals surface area contributed by atoms with Crippen molar-refractivity contribution in [2.24, 2.45) is 13.0 Å². The minimum absolute atomic E-state index is 0.311. The van der Waals surface area contributed by atoms with Crippen LogP contribution in [0.1, 0.15) is 45.3 Å². The molecule has 3 aromatic heterocycles. The van der Waals surface area contributed by atoms with Crippen molar-refractivity contribution in [1.29, 1.82) is 0 Å². The maximum atomic E-state index is 10.5. The minimum atomic E-state index is -0.646. The highest BCUT2D eigenvalue weighted by Crippen LogP contribution is 2.31. The zero-order valence-corrected chi connectivity index (χ0v) is 23.9. The Bertz CT molecular complexity index is 1490. The van der Waals surface area contributed by atoms with E-state index in [0.29, 0.717) is 38.0 Å². The first-order valence-electron chi connectivity index (χ1n) is 14.3. The monoisotopic (exact) mass is 548 g/mol. The van der Waals surface area contributed by atoms with Crippen molar-refractivity contribution in [3.05, 3.63) is 35.9 Å². The van der Waals surface area contributed by atoms with Gasteiger partial charge in [0.2, 0.25) is 5.95 Å². The van der Waals surface area contributed by atoms with Gasteiger partial charge in [-0.3, -0.25) is 9.47 Å². The van der Waals surface area contributed by atoms with E-state index in [0.717, 1.165) is 78.7 Å². The Balaban J connectivity index is 1.43. The molecule has 2 aliphatic rings. The SMILES string of the molecule is C[C@@H](O)Cc1nc2ccccc2n1-c1nc(N2CCOCC2)c2nc(CN3CCC(C(C)(C)O)CC3)n(C)c2n1. The number of morpholine rings is 1. The molecular weight excluding hydrogens is 508 g/mol. The van der Waals surface area contributed by atoms with Gasteiger partial charge in [-0.15, -0.1) is 0 Å². The van der Waals surface area contributed by atoms with Crippen LogP contribution in [0.5, 0.6) is 0 Å². The van der Waals surface area contributed by atoms with Crippen molar-refractivity contribution in [3.8, 4) is 5.95 Å². The summed E-state index contributed by atoms with van der Waals surface area (Å²) in [6.45, 7) is 10.9. The third kappa shape index (κ3) is 5.18. The van der Waals surface area contributed by atoms with Crippen molar-refractivity contribution in [1.82, 2.24) is 34.0 Å². The molecule has 0 radical (unpaired) electrons. The fourth-order valence-electron chi connectivity index (χ4n) is 6.02. The van der Waals surface area contributed by atoms with Gasteiger partial charge in [-0.1, -0.05) is 12.1 Å². The first kappa shape index (κ1) is 27.1. The lowest BCUT2D eigenvalue weighted by molar-refractivity contribution is -0.0139. The number of nitrogens with zero attached hydrogens (tertiary/aromatic N) is 8. The Morgan fingerprint density at radius 2 is 1.73 bits per heavy atom. The number of benzene rings is 1. The van der Waals surface area contributed by atoms with E-state index in [1.165, 1.54) is 0 Å². The summed E-state index contributed by atoms with van der Waals surface area (Å²) in [4.78, 5) is 24.7. The molecule has 6 rings (SSSR count). The fraction of sp³-hybridized carbons (Fsp3) is 0.586. The lowest BCUT2D eigenvalue weighted by atomic mass is 9.83. The molecule has 0 aliphatic carbocycles. The molecule has 0 amide bonds. The van der Waals surface area contributed by atoms with Crippen LogP contribution in [0, 0.1) is 5.92 Å². The minimum Gasteiger partial charge on any atom is -0.393 e. The number of imidazole rings is 2. The van der Waals surface area contributed by atoms with Gasteiger partial charge in [0.1, 0.15) is 11.6 Å². The summed E-state index contributed by atoms with van der Waals surface area (Å²) in [6.07, 6.45) is 1.77. The number of hydrogen-bond donors (Lipinski definition) is 2. The molecule has 2 aliphatic heterocycles.